The van der Waals surface area contributed by atoms with Gasteiger partial charge < -0.3 is 24.8 Å². The maximum absolute atomic E-state index is 13.6. The molecule has 34 heavy (non-hydrogen) atoms. The van der Waals surface area contributed by atoms with E-state index in [1.807, 2.05) is 0 Å². The summed E-state index contributed by atoms with van der Waals surface area (Å²) in [5, 5.41) is 12.3. The highest BCUT2D eigenvalue weighted by Crippen LogP contribution is 2.27. The number of Topliss-reactive ketones (excluding diaryl/α,β-unsaturated/α-hetero) is 1. The molecule has 0 aromatic heterocycles. The number of ether oxygens (including phenoxy) is 2. The van der Waals surface area contributed by atoms with Crippen LogP contribution in [0.25, 0.3) is 0 Å². The van der Waals surface area contributed by atoms with E-state index in [0.717, 1.165) is 0 Å². The maximum Gasteiger partial charge on any atom is 0.387 e. The normalized spacial score (nSPS) is 20.7. The van der Waals surface area contributed by atoms with E-state index in [2.05, 4.69) is 10.1 Å². The molecule has 0 spiro atoms. The number of nitrogens with one attached hydrogen (secondary N) is 1. The number of rotatable bonds is 7. The van der Waals surface area contributed by atoms with Gasteiger partial charge in [-0.1, -0.05) is 12.1 Å². The van der Waals surface area contributed by atoms with Crippen molar-refractivity contribution in [2.24, 2.45) is 0 Å². The first-order valence-corrected chi connectivity index (χ1v) is 10.9. The molecule has 2 N–H and O–H groups in total. The van der Waals surface area contributed by atoms with Crippen LogP contribution in [0.4, 0.5) is 8.78 Å². The second kappa shape index (κ2) is 10.2. The van der Waals surface area contributed by atoms with Crippen molar-refractivity contribution in [2.75, 3.05) is 13.2 Å². The lowest BCUT2D eigenvalue weighted by Crippen LogP contribution is -2.58. The highest BCUT2D eigenvalue weighted by atomic mass is 19.3. The molecule has 2 saturated heterocycles. The lowest BCUT2D eigenvalue weighted by molar-refractivity contribution is -0.142. The third-order valence-corrected chi connectivity index (χ3v) is 5.95. The number of phenols is 1. The van der Waals surface area contributed by atoms with E-state index in [-0.39, 0.29) is 42.0 Å². The molecule has 0 saturated carbocycles. The third kappa shape index (κ3) is 5.33. The Kier molecular flexibility index (Phi) is 7.06. The molecule has 2 fully saturated rings. The number of ketones is 1. The number of benzene rings is 2. The van der Waals surface area contributed by atoms with Gasteiger partial charge in [-0.15, -0.1) is 0 Å². The number of hydrogen-bond donors (Lipinski definition) is 2. The van der Waals surface area contributed by atoms with Gasteiger partial charge in [0.1, 0.15) is 30.2 Å². The van der Waals surface area contributed by atoms with Gasteiger partial charge in [0.25, 0.3) is 5.91 Å². The quantitative estimate of drug-likeness (QED) is 0.638. The Hall–Kier alpha value is -3.53. The van der Waals surface area contributed by atoms with Crippen LogP contribution in [0.3, 0.4) is 0 Å². The van der Waals surface area contributed by atoms with E-state index in [0.29, 0.717) is 24.9 Å². The zero-order valence-corrected chi connectivity index (χ0v) is 18.2. The fourth-order valence-corrected chi connectivity index (χ4v) is 4.34. The number of carbonyl (C=O) groups is 3. The van der Waals surface area contributed by atoms with Gasteiger partial charge >= 0.3 is 6.61 Å². The zero-order valence-electron chi connectivity index (χ0n) is 18.2. The van der Waals surface area contributed by atoms with E-state index < -0.39 is 30.5 Å². The fourth-order valence-electron chi connectivity index (χ4n) is 4.34. The van der Waals surface area contributed by atoms with Crippen molar-refractivity contribution < 1.29 is 37.7 Å². The number of carbonyl (C=O) groups excluding carboxylic acids is 3. The summed E-state index contributed by atoms with van der Waals surface area (Å²) >= 11 is 0. The van der Waals surface area contributed by atoms with Crippen LogP contribution in [0, 0.1) is 0 Å². The summed E-state index contributed by atoms with van der Waals surface area (Å²) < 4.78 is 34.6. The standard InChI is InChI=1S/C24H24F2N2O6/c25-24(26)34-17-9-5-15(6-10-17)22(31)27-18(12-14-3-7-16(29)8-4-14)23(32)28-11-1-2-20-21(28)19(30)13-33-20/h3-10,18,20-21,24,29H,1-2,11-13H2,(H,27,31). The van der Waals surface area contributed by atoms with E-state index in [9.17, 15) is 28.3 Å². The number of fused-ring (bicyclic) bond motifs is 1. The lowest BCUT2D eigenvalue weighted by atomic mass is 9.95. The van der Waals surface area contributed by atoms with E-state index in [1.54, 1.807) is 12.1 Å². The second-order valence-electron chi connectivity index (χ2n) is 8.23. The Morgan fingerprint density at radius 3 is 2.53 bits per heavy atom. The number of likely N-dealkylation sites (tertiary alicyclic amines) is 1. The molecule has 4 rings (SSSR count). The fraction of sp³-hybridized carbons (Fsp3) is 0.375. The topological polar surface area (TPSA) is 105 Å². The van der Waals surface area contributed by atoms with Crippen LogP contribution in [-0.4, -0.2) is 65.6 Å². The summed E-state index contributed by atoms with van der Waals surface area (Å²) in [6, 6.07) is 9.68. The molecule has 2 aliphatic rings. The number of piperidine rings is 1. The highest BCUT2D eigenvalue weighted by molar-refractivity contribution is 5.99. The lowest BCUT2D eigenvalue weighted by Gasteiger charge is -2.37. The van der Waals surface area contributed by atoms with Crippen molar-refractivity contribution in [3.63, 3.8) is 0 Å². The number of nitrogens with zero attached hydrogens (tertiary/aromatic N) is 1. The number of hydrogen-bond acceptors (Lipinski definition) is 6. The van der Waals surface area contributed by atoms with Gasteiger partial charge in [-0.2, -0.15) is 8.78 Å². The summed E-state index contributed by atoms with van der Waals surface area (Å²) in [5.74, 6) is -1.19. The first kappa shape index (κ1) is 23.6. The minimum Gasteiger partial charge on any atom is -0.508 e. The summed E-state index contributed by atoms with van der Waals surface area (Å²) in [4.78, 5) is 40.3. The van der Waals surface area contributed by atoms with Gasteiger partial charge in [-0.3, -0.25) is 14.4 Å². The predicted octanol–water partition coefficient (Wildman–Crippen LogP) is 2.29. The van der Waals surface area contributed by atoms with E-state index >= 15 is 0 Å². The average molecular weight is 474 g/mol. The first-order valence-electron chi connectivity index (χ1n) is 10.9. The molecular formula is C24H24F2N2O6. The number of alkyl halides is 2. The van der Waals surface area contributed by atoms with Crippen molar-refractivity contribution >= 4 is 17.6 Å². The molecule has 3 atom stereocenters. The van der Waals surface area contributed by atoms with Gasteiger partial charge in [-0.05, 0) is 54.8 Å². The van der Waals surface area contributed by atoms with Crippen LogP contribution in [0.5, 0.6) is 11.5 Å². The van der Waals surface area contributed by atoms with Crippen LogP contribution in [0.2, 0.25) is 0 Å². The maximum atomic E-state index is 13.6. The van der Waals surface area contributed by atoms with Gasteiger partial charge in [-0.25, -0.2) is 0 Å². The highest BCUT2D eigenvalue weighted by Gasteiger charge is 2.45. The molecule has 3 unspecified atom stereocenters. The monoisotopic (exact) mass is 474 g/mol. The average Bonchev–Trinajstić information content (AvgIpc) is 3.20. The molecule has 2 amide bonds. The summed E-state index contributed by atoms with van der Waals surface area (Å²) in [6.45, 7) is -2.65. The van der Waals surface area contributed by atoms with Crippen LogP contribution < -0.4 is 10.1 Å². The van der Waals surface area contributed by atoms with E-state index in [4.69, 9.17) is 4.74 Å². The van der Waals surface area contributed by atoms with Crippen molar-refractivity contribution in [3.8, 4) is 11.5 Å². The molecule has 10 heteroatoms. The minimum atomic E-state index is -2.98. The molecule has 0 radical (unpaired) electrons. The smallest absolute Gasteiger partial charge is 0.387 e. The zero-order chi connectivity index (χ0) is 24.2. The molecule has 8 nitrogen and oxygen atoms in total. The van der Waals surface area contributed by atoms with Gasteiger partial charge in [0.2, 0.25) is 5.91 Å². The Morgan fingerprint density at radius 1 is 1.15 bits per heavy atom. The second-order valence-corrected chi connectivity index (χ2v) is 8.23. The molecule has 180 valence electrons. The van der Waals surface area contributed by atoms with Gasteiger partial charge in [0.15, 0.2) is 5.78 Å². The summed E-state index contributed by atoms with van der Waals surface area (Å²) in [6.07, 6.45) is 1.13. The number of halogens is 2. The predicted molar refractivity (Wildman–Crippen MR) is 116 cm³/mol. The Morgan fingerprint density at radius 2 is 1.85 bits per heavy atom. The van der Waals surface area contributed by atoms with Crippen molar-refractivity contribution in [2.45, 2.75) is 44.1 Å². The summed E-state index contributed by atoms with van der Waals surface area (Å²) in [7, 11) is 0. The number of phenolic OH excluding ortho intramolecular Hbond substituents is 1. The third-order valence-electron chi connectivity index (χ3n) is 5.95. The Balaban J connectivity index is 1.55. The SMILES string of the molecule is O=C(NC(Cc1ccc(O)cc1)C(=O)N1CCCC2OCC(=O)C21)c1ccc(OC(F)F)cc1. The molecular weight excluding hydrogens is 450 g/mol. The molecule has 0 aliphatic carbocycles. The molecule has 2 aromatic rings. The molecule has 0 bridgehead atoms. The largest absolute Gasteiger partial charge is 0.508 e. The van der Waals surface area contributed by atoms with Crippen molar-refractivity contribution in [1.29, 1.82) is 0 Å². The van der Waals surface area contributed by atoms with Crippen LogP contribution in [-0.2, 0) is 20.7 Å². The first-order chi connectivity index (χ1) is 16.3. The minimum absolute atomic E-state index is 0.0405. The van der Waals surface area contributed by atoms with Gasteiger partial charge in [0.05, 0.1) is 6.10 Å². The molecule has 2 heterocycles. The molecule has 2 aliphatic heterocycles. The Bertz CT molecular complexity index is 1040. The number of aromatic hydroxyl groups is 1. The Labute approximate surface area is 194 Å². The van der Waals surface area contributed by atoms with Crippen LogP contribution in [0.1, 0.15) is 28.8 Å². The molecule has 2 aromatic carbocycles. The van der Waals surface area contributed by atoms with Crippen molar-refractivity contribution in [1.82, 2.24) is 10.2 Å². The van der Waals surface area contributed by atoms with Crippen LogP contribution in [0.15, 0.2) is 48.5 Å². The van der Waals surface area contributed by atoms with Gasteiger partial charge in [0, 0.05) is 18.5 Å². The number of amides is 2. The van der Waals surface area contributed by atoms with Crippen molar-refractivity contribution in [3.05, 3.63) is 59.7 Å². The summed E-state index contributed by atoms with van der Waals surface area (Å²) in [5.41, 5.74) is 0.849. The van der Waals surface area contributed by atoms with Crippen LogP contribution >= 0.6 is 0 Å². The van der Waals surface area contributed by atoms with E-state index in [1.165, 1.54) is 41.3 Å².